The summed E-state index contributed by atoms with van der Waals surface area (Å²) in [4.78, 5) is 14.9. The molecular formula is C39H23N3O2. The van der Waals surface area contributed by atoms with Crippen LogP contribution in [0.4, 0.5) is 0 Å². The predicted octanol–water partition coefficient (Wildman–Crippen LogP) is 10.3. The first-order valence-electron chi connectivity index (χ1n) is 16.6. The fourth-order valence-electron chi connectivity index (χ4n) is 5.82. The fourth-order valence-corrected chi connectivity index (χ4v) is 5.82. The highest BCUT2D eigenvalue weighted by molar-refractivity contribution is 6.12. The van der Waals surface area contributed by atoms with E-state index in [1.54, 1.807) is 12.1 Å². The largest absolute Gasteiger partial charge is 0.456 e. The summed E-state index contributed by atoms with van der Waals surface area (Å²) in [6.07, 6.45) is 0. The van der Waals surface area contributed by atoms with Gasteiger partial charge in [-0.25, -0.2) is 15.0 Å². The van der Waals surface area contributed by atoms with Crippen LogP contribution in [-0.4, -0.2) is 15.0 Å². The maximum atomic E-state index is 8.55. The summed E-state index contributed by atoms with van der Waals surface area (Å²) >= 11 is 0. The van der Waals surface area contributed by atoms with Crippen LogP contribution in [0.1, 0.15) is 6.85 Å². The smallest absolute Gasteiger partial charge is 0.164 e. The Bertz CT molecular complexity index is 2760. The van der Waals surface area contributed by atoms with Crippen molar-refractivity contribution < 1.29 is 15.7 Å². The monoisotopic (exact) mass is 570 g/mol. The third-order valence-corrected chi connectivity index (χ3v) is 7.84. The Hall–Kier alpha value is -6.07. The average molecular weight is 571 g/mol. The van der Waals surface area contributed by atoms with Gasteiger partial charge in [0.05, 0.1) is 6.85 Å². The van der Waals surface area contributed by atoms with Gasteiger partial charge in [0.15, 0.2) is 17.5 Å². The molecule has 3 heterocycles. The van der Waals surface area contributed by atoms with Gasteiger partial charge in [-0.3, -0.25) is 0 Å². The van der Waals surface area contributed by atoms with E-state index in [2.05, 4.69) is 0 Å². The number of hydrogen-bond donors (Lipinski definition) is 0. The normalized spacial score (nSPS) is 13.2. The summed E-state index contributed by atoms with van der Waals surface area (Å²) in [5, 5.41) is 3.39. The lowest BCUT2D eigenvalue weighted by Gasteiger charge is -2.09. The Kier molecular flexibility index (Phi) is 4.42. The lowest BCUT2D eigenvalue weighted by atomic mass is 10.0. The molecule has 0 bridgehead atoms. The second kappa shape index (κ2) is 9.75. The number of benzene rings is 6. The summed E-state index contributed by atoms with van der Waals surface area (Å²) in [5.41, 5.74) is 5.42. The molecule has 0 saturated carbocycles. The van der Waals surface area contributed by atoms with Crippen LogP contribution in [-0.2, 0) is 0 Å². The van der Waals surface area contributed by atoms with E-state index in [4.69, 9.17) is 30.6 Å². The second-order valence-electron chi connectivity index (χ2n) is 10.4. The summed E-state index contributed by atoms with van der Waals surface area (Å²) in [6, 6.07) is 32.8. The van der Waals surface area contributed by atoms with Crippen molar-refractivity contribution in [2.45, 2.75) is 0 Å². The van der Waals surface area contributed by atoms with Gasteiger partial charge in [0.1, 0.15) is 22.3 Å². The molecule has 0 radical (unpaired) electrons. The first-order valence-corrected chi connectivity index (χ1v) is 14.1. The van der Waals surface area contributed by atoms with Crippen molar-refractivity contribution in [1.82, 2.24) is 15.0 Å². The summed E-state index contributed by atoms with van der Waals surface area (Å²) < 4.78 is 54.0. The number of aromatic nitrogens is 3. The minimum Gasteiger partial charge on any atom is -0.456 e. The molecule has 0 aliphatic heterocycles. The SMILES string of the molecule is [2H]c1c([2H])c([2H])c(-c2cccc3c2oc2ccc(-c4nc(-c5ccccc5)nc(-c5cccc6oc7ccccc7c56)n4)cc23)c([2H])c1[2H]. The van der Waals surface area contributed by atoms with Crippen molar-refractivity contribution in [3.8, 4) is 45.3 Å². The van der Waals surface area contributed by atoms with Gasteiger partial charge in [0.25, 0.3) is 0 Å². The summed E-state index contributed by atoms with van der Waals surface area (Å²) in [5.74, 6) is 1.49. The quantitative estimate of drug-likeness (QED) is 0.211. The fraction of sp³-hybridized carbons (Fsp3) is 0. The molecule has 5 nitrogen and oxygen atoms in total. The van der Waals surface area contributed by atoms with Gasteiger partial charge in [-0.1, -0.05) is 109 Å². The molecule has 9 rings (SSSR count). The number of nitrogens with zero attached hydrogens (tertiary/aromatic N) is 3. The highest BCUT2D eigenvalue weighted by Gasteiger charge is 2.19. The predicted molar refractivity (Wildman–Crippen MR) is 176 cm³/mol. The Morgan fingerprint density at radius 3 is 2.02 bits per heavy atom. The molecule has 44 heavy (non-hydrogen) atoms. The summed E-state index contributed by atoms with van der Waals surface area (Å²) in [6.45, 7) is 0. The van der Waals surface area contributed by atoms with E-state index in [1.165, 1.54) is 0 Å². The molecule has 0 aliphatic rings. The first kappa shape index (κ1) is 19.9. The minimum atomic E-state index is -0.441. The third-order valence-electron chi connectivity index (χ3n) is 7.84. The van der Waals surface area contributed by atoms with Crippen molar-refractivity contribution in [3.05, 3.63) is 139 Å². The molecule has 9 aromatic rings. The van der Waals surface area contributed by atoms with Gasteiger partial charge in [0.2, 0.25) is 0 Å². The molecule has 3 aromatic heterocycles. The van der Waals surface area contributed by atoms with Crippen molar-refractivity contribution in [3.63, 3.8) is 0 Å². The Morgan fingerprint density at radius 1 is 0.455 bits per heavy atom. The van der Waals surface area contributed by atoms with Crippen molar-refractivity contribution in [1.29, 1.82) is 0 Å². The molecule has 0 atom stereocenters. The maximum Gasteiger partial charge on any atom is 0.164 e. The van der Waals surface area contributed by atoms with E-state index in [0.717, 1.165) is 49.4 Å². The number of furan rings is 2. The van der Waals surface area contributed by atoms with Gasteiger partial charge >= 0.3 is 0 Å². The van der Waals surface area contributed by atoms with Gasteiger partial charge in [-0.15, -0.1) is 0 Å². The zero-order valence-corrected chi connectivity index (χ0v) is 23.1. The third kappa shape index (κ3) is 3.91. The van der Waals surface area contributed by atoms with Gasteiger partial charge < -0.3 is 8.83 Å². The number of fused-ring (bicyclic) bond motifs is 6. The molecular weight excluding hydrogens is 542 g/mol. The highest BCUT2D eigenvalue weighted by Crippen LogP contribution is 2.39. The van der Waals surface area contributed by atoms with Crippen LogP contribution in [0.5, 0.6) is 0 Å². The number of hydrogen-bond acceptors (Lipinski definition) is 5. The van der Waals surface area contributed by atoms with E-state index in [-0.39, 0.29) is 17.6 Å². The standard InChI is InChI=1S/C39H23N3O2/c1-3-11-24(12-4-1)27-16-9-17-28-31-23-26(21-22-33(31)44-36(27)28)38-40-37(25-13-5-2-6-14-25)41-39(42-38)30-18-10-20-34-35(30)29-15-7-8-19-32(29)43-34/h1-23H/i1D,3D,4D,11D,12D. The molecule has 6 aromatic carbocycles. The maximum absolute atomic E-state index is 8.55. The average Bonchev–Trinajstić information content (AvgIpc) is 3.72. The summed E-state index contributed by atoms with van der Waals surface area (Å²) in [7, 11) is 0. The molecule has 5 heteroatoms. The van der Waals surface area contributed by atoms with E-state index in [0.29, 0.717) is 34.2 Å². The molecule has 0 spiro atoms. The van der Waals surface area contributed by atoms with E-state index in [9.17, 15) is 0 Å². The number of rotatable bonds is 4. The topological polar surface area (TPSA) is 65.0 Å². The molecule has 206 valence electrons. The van der Waals surface area contributed by atoms with Crippen molar-refractivity contribution in [2.75, 3.05) is 0 Å². The van der Waals surface area contributed by atoms with Crippen LogP contribution in [0.15, 0.2) is 148 Å². The Labute approximate surface area is 259 Å². The molecule has 0 saturated heterocycles. The van der Waals surface area contributed by atoms with Gasteiger partial charge in [-0.2, -0.15) is 0 Å². The van der Waals surface area contributed by atoms with E-state index >= 15 is 0 Å². The molecule has 0 fully saturated rings. The first-order chi connectivity index (χ1) is 23.9. The van der Waals surface area contributed by atoms with Crippen molar-refractivity contribution >= 4 is 43.9 Å². The Balaban J connectivity index is 1.26. The molecule has 0 unspecified atom stereocenters. The zero-order valence-electron chi connectivity index (χ0n) is 28.1. The van der Waals surface area contributed by atoms with Crippen LogP contribution in [0, 0.1) is 0 Å². The van der Waals surface area contributed by atoms with Crippen molar-refractivity contribution in [2.24, 2.45) is 0 Å². The molecule has 0 N–H and O–H groups in total. The highest BCUT2D eigenvalue weighted by atomic mass is 16.3. The Morgan fingerprint density at radius 2 is 1.14 bits per heavy atom. The molecule has 0 amide bonds. The van der Waals surface area contributed by atoms with E-state index in [1.807, 2.05) is 97.1 Å². The lowest BCUT2D eigenvalue weighted by Crippen LogP contribution is -2.00. The van der Waals surface area contributed by atoms with Gasteiger partial charge in [0, 0.05) is 43.8 Å². The number of para-hydroxylation sites is 2. The minimum absolute atomic E-state index is 0.0893. The van der Waals surface area contributed by atoms with Crippen LogP contribution >= 0.6 is 0 Å². The lowest BCUT2D eigenvalue weighted by molar-refractivity contribution is 0.669. The van der Waals surface area contributed by atoms with Crippen LogP contribution < -0.4 is 0 Å². The van der Waals surface area contributed by atoms with Gasteiger partial charge in [-0.05, 0) is 35.9 Å². The van der Waals surface area contributed by atoms with E-state index < -0.39 is 18.1 Å². The van der Waals surface area contributed by atoms with Crippen LogP contribution in [0.25, 0.3) is 89.2 Å². The zero-order chi connectivity index (χ0) is 33.4. The van der Waals surface area contributed by atoms with Crippen LogP contribution in [0.2, 0.25) is 0 Å². The molecule has 0 aliphatic carbocycles. The van der Waals surface area contributed by atoms with Crippen LogP contribution in [0.3, 0.4) is 0 Å². The second-order valence-corrected chi connectivity index (χ2v) is 10.4.